The van der Waals surface area contributed by atoms with Crippen molar-refractivity contribution in [2.75, 3.05) is 23.5 Å². The predicted molar refractivity (Wildman–Crippen MR) is 130 cm³/mol. The Labute approximate surface area is 193 Å². The van der Waals surface area contributed by atoms with Gasteiger partial charge in [-0.1, -0.05) is 48.0 Å². The van der Waals surface area contributed by atoms with Crippen molar-refractivity contribution in [1.29, 1.82) is 0 Å². The third-order valence-corrected chi connectivity index (χ3v) is 6.41. The van der Waals surface area contributed by atoms with Crippen LogP contribution in [-0.2, 0) is 16.0 Å². The Morgan fingerprint density at radius 2 is 1.61 bits per heavy atom. The van der Waals surface area contributed by atoms with Crippen LogP contribution in [-0.4, -0.2) is 25.5 Å². The molecule has 5 rings (SSSR count). The van der Waals surface area contributed by atoms with E-state index in [0.29, 0.717) is 34.8 Å². The van der Waals surface area contributed by atoms with E-state index in [4.69, 9.17) is 4.74 Å². The van der Waals surface area contributed by atoms with Gasteiger partial charge in [-0.25, -0.2) is 4.90 Å². The lowest BCUT2D eigenvalue weighted by molar-refractivity contribution is -0.120. The Morgan fingerprint density at radius 3 is 2.33 bits per heavy atom. The van der Waals surface area contributed by atoms with Crippen LogP contribution in [0.5, 0.6) is 5.75 Å². The van der Waals surface area contributed by atoms with Crippen molar-refractivity contribution in [3.63, 3.8) is 0 Å². The first kappa shape index (κ1) is 21.0. The number of ether oxygens (including phenoxy) is 1. The smallest absolute Gasteiger partial charge is 0.282 e. The maximum atomic E-state index is 14.0. The average molecular weight is 439 g/mol. The molecule has 0 bridgehead atoms. The Hall–Kier alpha value is -3.86. The molecule has 0 N–H and O–H groups in total. The van der Waals surface area contributed by atoms with E-state index in [1.807, 2.05) is 79.4 Å². The van der Waals surface area contributed by atoms with Crippen molar-refractivity contribution in [2.24, 2.45) is 0 Å². The van der Waals surface area contributed by atoms with Crippen LogP contribution in [0.25, 0.3) is 5.57 Å². The number of hydrogen-bond acceptors (Lipinski definition) is 4. The number of para-hydroxylation sites is 1. The largest absolute Gasteiger partial charge is 0.497 e. The van der Waals surface area contributed by atoms with Gasteiger partial charge >= 0.3 is 0 Å². The minimum absolute atomic E-state index is 0.283. The van der Waals surface area contributed by atoms with Gasteiger partial charge in [0.2, 0.25) is 0 Å². The number of carbonyl (C=O) groups is 2. The van der Waals surface area contributed by atoms with Gasteiger partial charge in [0.25, 0.3) is 11.8 Å². The highest BCUT2D eigenvalue weighted by Crippen LogP contribution is 2.40. The van der Waals surface area contributed by atoms with Crippen molar-refractivity contribution >= 4 is 28.8 Å². The molecule has 0 aliphatic carbocycles. The molecule has 0 fully saturated rings. The van der Waals surface area contributed by atoms with Gasteiger partial charge in [-0.05, 0) is 67.6 Å². The maximum Gasteiger partial charge on any atom is 0.282 e. The molecule has 0 saturated carbocycles. The van der Waals surface area contributed by atoms with Gasteiger partial charge in [-0.15, -0.1) is 0 Å². The standard InChI is InChI=1S/C28H26N2O3/c1-18-10-15-23(19(2)17-18)30-27(31)25(21-11-13-22(33-3)14-12-21)26(28(30)32)29-16-6-8-20-7-4-5-9-24(20)29/h4-5,7,9-15,17H,6,8,16H2,1-3H3. The van der Waals surface area contributed by atoms with E-state index in [1.54, 1.807) is 7.11 Å². The van der Waals surface area contributed by atoms with Crippen LogP contribution in [0.3, 0.4) is 0 Å². The number of imide groups is 1. The van der Waals surface area contributed by atoms with Crippen LogP contribution in [0.15, 0.2) is 72.4 Å². The molecule has 0 radical (unpaired) electrons. The first-order valence-electron chi connectivity index (χ1n) is 11.2. The van der Waals surface area contributed by atoms with E-state index in [2.05, 4.69) is 6.07 Å². The second kappa shape index (κ2) is 8.24. The summed E-state index contributed by atoms with van der Waals surface area (Å²) in [6.07, 6.45) is 1.88. The Kier molecular flexibility index (Phi) is 5.25. The van der Waals surface area contributed by atoms with Crippen molar-refractivity contribution in [1.82, 2.24) is 0 Å². The topological polar surface area (TPSA) is 49.9 Å². The number of amides is 2. The molecule has 2 aliphatic rings. The van der Waals surface area contributed by atoms with Crippen molar-refractivity contribution < 1.29 is 14.3 Å². The molecule has 0 spiro atoms. The summed E-state index contributed by atoms with van der Waals surface area (Å²) >= 11 is 0. The Balaban J connectivity index is 1.70. The number of fused-ring (bicyclic) bond motifs is 1. The highest BCUT2D eigenvalue weighted by Gasteiger charge is 2.44. The predicted octanol–water partition coefficient (Wildman–Crippen LogP) is 5.05. The molecule has 3 aromatic rings. The fourth-order valence-electron chi connectivity index (χ4n) is 4.83. The third-order valence-electron chi connectivity index (χ3n) is 6.41. The molecule has 0 unspecified atom stereocenters. The number of benzene rings is 3. The zero-order valence-corrected chi connectivity index (χ0v) is 19.1. The van der Waals surface area contributed by atoms with Crippen LogP contribution < -0.4 is 14.5 Å². The van der Waals surface area contributed by atoms with Crippen LogP contribution in [0.1, 0.15) is 28.7 Å². The normalized spacial score (nSPS) is 15.8. The monoisotopic (exact) mass is 438 g/mol. The van der Waals surface area contributed by atoms with E-state index < -0.39 is 0 Å². The van der Waals surface area contributed by atoms with E-state index in [-0.39, 0.29) is 11.8 Å². The third kappa shape index (κ3) is 3.50. The first-order valence-corrected chi connectivity index (χ1v) is 11.2. The van der Waals surface area contributed by atoms with E-state index in [9.17, 15) is 9.59 Å². The van der Waals surface area contributed by atoms with Gasteiger partial charge in [-0.3, -0.25) is 9.59 Å². The van der Waals surface area contributed by atoms with Gasteiger partial charge in [0, 0.05) is 12.2 Å². The lowest BCUT2D eigenvalue weighted by Gasteiger charge is -2.32. The molecule has 3 aromatic carbocycles. The van der Waals surface area contributed by atoms with Crippen LogP contribution >= 0.6 is 0 Å². The number of aryl methyl sites for hydroxylation is 3. The SMILES string of the molecule is COc1ccc(C2=C(N3CCCc4ccccc43)C(=O)N(c3ccc(C)cc3C)C2=O)cc1. The van der Waals surface area contributed by atoms with Crippen LogP contribution in [0, 0.1) is 13.8 Å². The zero-order chi connectivity index (χ0) is 23.1. The van der Waals surface area contributed by atoms with Gasteiger partial charge in [0.1, 0.15) is 11.4 Å². The van der Waals surface area contributed by atoms with Crippen LogP contribution in [0.4, 0.5) is 11.4 Å². The van der Waals surface area contributed by atoms with E-state index >= 15 is 0 Å². The molecule has 0 atom stereocenters. The number of rotatable bonds is 4. The van der Waals surface area contributed by atoms with Crippen molar-refractivity contribution in [3.8, 4) is 5.75 Å². The van der Waals surface area contributed by atoms with Gasteiger partial charge in [-0.2, -0.15) is 0 Å². The van der Waals surface area contributed by atoms with E-state index in [1.165, 1.54) is 10.5 Å². The molecular weight excluding hydrogens is 412 g/mol. The van der Waals surface area contributed by atoms with Crippen molar-refractivity contribution in [2.45, 2.75) is 26.7 Å². The molecule has 2 aliphatic heterocycles. The minimum atomic E-state index is -0.296. The number of nitrogens with zero attached hydrogens (tertiary/aromatic N) is 2. The molecule has 5 heteroatoms. The number of anilines is 2. The average Bonchev–Trinajstić information content (AvgIpc) is 3.08. The molecule has 2 heterocycles. The second-order valence-electron chi connectivity index (χ2n) is 8.57. The summed E-state index contributed by atoms with van der Waals surface area (Å²) < 4.78 is 5.30. The zero-order valence-electron chi connectivity index (χ0n) is 19.1. The summed E-state index contributed by atoms with van der Waals surface area (Å²) in [5.74, 6) is 0.122. The Morgan fingerprint density at radius 1 is 0.848 bits per heavy atom. The molecule has 5 nitrogen and oxygen atoms in total. The quantitative estimate of drug-likeness (QED) is 0.535. The van der Waals surface area contributed by atoms with E-state index in [0.717, 1.165) is 29.7 Å². The lowest BCUT2D eigenvalue weighted by atomic mass is 9.98. The number of hydrogen-bond donors (Lipinski definition) is 0. The molecule has 0 aromatic heterocycles. The summed E-state index contributed by atoms with van der Waals surface area (Å²) in [6, 6.07) is 21.3. The fourth-order valence-corrected chi connectivity index (χ4v) is 4.83. The maximum absolute atomic E-state index is 14.0. The molecule has 33 heavy (non-hydrogen) atoms. The number of carbonyl (C=O) groups excluding carboxylic acids is 2. The minimum Gasteiger partial charge on any atom is -0.497 e. The van der Waals surface area contributed by atoms with Gasteiger partial charge in [0.05, 0.1) is 18.4 Å². The summed E-state index contributed by atoms with van der Waals surface area (Å²) in [4.78, 5) is 31.2. The highest BCUT2D eigenvalue weighted by atomic mass is 16.5. The lowest BCUT2D eigenvalue weighted by Crippen LogP contribution is -2.37. The summed E-state index contributed by atoms with van der Waals surface area (Å²) in [7, 11) is 1.61. The Bertz CT molecular complexity index is 1290. The summed E-state index contributed by atoms with van der Waals surface area (Å²) in [6.45, 7) is 4.62. The number of methoxy groups -OCH3 is 1. The van der Waals surface area contributed by atoms with Crippen LogP contribution in [0.2, 0.25) is 0 Å². The molecule has 0 saturated heterocycles. The summed E-state index contributed by atoms with van der Waals surface area (Å²) in [5, 5.41) is 0. The van der Waals surface area contributed by atoms with Crippen molar-refractivity contribution in [3.05, 3.63) is 94.7 Å². The first-order chi connectivity index (χ1) is 16.0. The highest BCUT2D eigenvalue weighted by molar-refractivity contribution is 6.46. The van der Waals surface area contributed by atoms with Gasteiger partial charge in [0.15, 0.2) is 0 Å². The molecular formula is C28H26N2O3. The fraction of sp³-hybridized carbons (Fsp3) is 0.214. The summed E-state index contributed by atoms with van der Waals surface area (Å²) in [5.41, 5.74) is 6.37. The second-order valence-corrected chi connectivity index (χ2v) is 8.57. The molecule has 2 amide bonds. The molecule has 166 valence electrons. The van der Waals surface area contributed by atoms with Gasteiger partial charge < -0.3 is 9.64 Å².